The molecule has 0 fully saturated rings. The number of hydrogen-bond acceptors (Lipinski definition) is 3. The number of rotatable bonds is 5. The SMILES string of the molecule is CCSCC(O)c1ccc(Cl)c(OC)c1. The van der Waals surface area contributed by atoms with Crippen molar-refractivity contribution in [1.82, 2.24) is 0 Å². The molecule has 0 aromatic heterocycles. The lowest BCUT2D eigenvalue weighted by atomic mass is 10.1. The highest BCUT2D eigenvalue weighted by Gasteiger charge is 2.09. The molecule has 0 amide bonds. The number of aliphatic hydroxyl groups excluding tert-OH is 1. The van der Waals surface area contributed by atoms with Gasteiger partial charge >= 0.3 is 0 Å². The molecule has 1 rings (SSSR count). The van der Waals surface area contributed by atoms with Crippen LogP contribution in [-0.4, -0.2) is 23.7 Å². The van der Waals surface area contributed by atoms with E-state index in [1.54, 1.807) is 31.0 Å². The number of thioether (sulfide) groups is 1. The average molecular weight is 247 g/mol. The molecule has 4 heteroatoms. The number of hydrogen-bond donors (Lipinski definition) is 1. The van der Waals surface area contributed by atoms with E-state index >= 15 is 0 Å². The van der Waals surface area contributed by atoms with Crippen LogP contribution in [0.4, 0.5) is 0 Å². The molecule has 0 aliphatic rings. The predicted molar refractivity (Wildman–Crippen MR) is 66.0 cm³/mol. The average Bonchev–Trinajstić information content (AvgIpc) is 2.26. The fourth-order valence-corrected chi connectivity index (χ4v) is 2.06. The number of aliphatic hydroxyl groups is 1. The Hall–Kier alpha value is -0.380. The van der Waals surface area contributed by atoms with Crippen molar-refractivity contribution in [3.8, 4) is 5.75 Å². The fraction of sp³-hybridized carbons (Fsp3) is 0.455. The van der Waals surface area contributed by atoms with Gasteiger partial charge in [-0.25, -0.2) is 0 Å². The normalized spacial score (nSPS) is 12.5. The summed E-state index contributed by atoms with van der Waals surface area (Å²) in [6.45, 7) is 2.07. The van der Waals surface area contributed by atoms with Crippen LogP contribution in [0.15, 0.2) is 18.2 Å². The van der Waals surface area contributed by atoms with Crippen molar-refractivity contribution in [2.45, 2.75) is 13.0 Å². The van der Waals surface area contributed by atoms with Crippen LogP contribution in [0.25, 0.3) is 0 Å². The van der Waals surface area contributed by atoms with Gasteiger partial charge in [0.2, 0.25) is 0 Å². The summed E-state index contributed by atoms with van der Waals surface area (Å²) >= 11 is 7.60. The summed E-state index contributed by atoms with van der Waals surface area (Å²) < 4.78 is 5.09. The van der Waals surface area contributed by atoms with E-state index in [0.717, 1.165) is 11.3 Å². The Morgan fingerprint density at radius 1 is 1.53 bits per heavy atom. The maximum absolute atomic E-state index is 9.84. The Labute approximate surface area is 99.6 Å². The molecule has 2 nitrogen and oxygen atoms in total. The quantitative estimate of drug-likeness (QED) is 0.866. The van der Waals surface area contributed by atoms with E-state index in [9.17, 15) is 5.11 Å². The molecule has 0 radical (unpaired) electrons. The highest BCUT2D eigenvalue weighted by molar-refractivity contribution is 7.99. The van der Waals surface area contributed by atoms with Crippen molar-refractivity contribution in [1.29, 1.82) is 0 Å². The first-order valence-electron chi connectivity index (χ1n) is 4.78. The molecule has 1 unspecified atom stereocenters. The van der Waals surface area contributed by atoms with Crippen LogP contribution in [0.2, 0.25) is 5.02 Å². The fourth-order valence-electron chi connectivity index (χ4n) is 1.21. The molecule has 0 saturated heterocycles. The van der Waals surface area contributed by atoms with E-state index in [0.29, 0.717) is 16.5 Å². The highest BCUT2D eigenvalue weighted by atomic mass is 35.5. The second-order valence-corrected chi connectivity index (χ2v) is 4.80. The number of halogens is 1. The first kappa shape index (κ1) is 12.7. The van der Waals surface area contributed by atoms with Crippen molar-refractivity contribution in [2.75, 3.05) is 18.6 Å². The van der Waals surface area contributed by atoms with E-state index < -0.39 is 6.10 Å². The highest BCUT2D eigenvalue weighted by Crippen LogP contribution is 2.28. The van der Waals surface area contributed by atoms with Crippen LogP contribution < -0.4 is 4.74 Å². The third kappa shape index (κ3) is 3.59. The lowest BCUT2D eigenvalue weighted by Crippen LogP contribution is -2.01. The van der Waals surface area contributed by atoms with Crippen LogP contribution in [0, 0.1) is 0 Å². The van der Waals surface area contributed by atoms with Crippen molar-refractivity contribution in [2.24, 2.45) is 0 Å². The molecule has 1 aromatic rings. The van der Waals surface area contributed by atoms with Gasteiger partial charge in [0.15, 0.2) is 0 Å². The monoisotopic (exact) mass is 246 g/mol. The molecule has 0 spiro atoms. The van der Waals surface area contributed by atoms with Crippen molar-refractivity contribution >= 4 is 23.4 Å². The van der Waals surface area contributed by atoms with Crippen LogP contribution in [0.1, 0.15) is 18.6 Å². The first-order chi connectivity index (χ1) is 7.19. The van der Waals surface area contributed by atoms with Gasteiger partial charge < -0.3 is 9.84 Å². The number of ether oxygens (including phenoxy) is 1. The molecule has 0 saturated carbocycles. The smallest absolute Gasteiger partial charge is 0.137 e. The van der Waals surface area contributed by atoms with Crippen molar-refractivity contribution < 1.29 is 9.84 Å². The largest absolute Gasteiger partial charge is 0.495 e. The van der Waals surface area contributed by atoms with Gasteiger partial charge in [0.1, 0.15) is 5.75 Å². The Balaban J connectivity index is 2.76. The molecule has 0 aliphatic heterocycles. The van der Waals surface area contributed by atoms with E-state index in [-0.39, 0.29) is 0 Å². The molecule has 0 aliphatic carbocycles. The lowest BCUT2D eigenvalue weighted by molar-refractivity contribution is 0.203. The predicted octanol–water partition coefficient (Wildman–Crippen LogP) is 3.14. The first-order valence-corrected chi connectivity index (χ1v) is 6.31. The second-order valence-electron chi connectivity index (χ2n) is 3.07. The number of benzene rings is 1. The summed E-state index contributed by atoms with van der Waals surface area (Å²) in [7, 11) is 1.57. The van der Waals surface area contributed by atoms with Crippen LogP contribution in [0.3, 0.4) is 0 Å². The molecule has 1 N–H and O–H groups in total. The molecule has 15 heavy (non-hydrogen) atoms. The van der Waals surface area contributed by atoms with Gasteiger partial charge in [-0.05, 0) is 23.4 Å². The van der Waals surface area contributed by atoms with Gasteiger partial charge in [-0.3, -0.25) is 0 Å². The Kier molecular flexibility index (Phi) is 5.29. The molecular weight excluding hydrogens is 232 g/mol. The summed E-state index contributed by atoms with van der Waals surface area (Å²) in [5, 5.41) is 10.4. The topological polar surface area (TPSA) is 29.5 Å². The molecule has 84 valence electrons. The zero-order chi connectivity index (χ0) is 11.3. The lowest BCUT2D eigenvalue weighted by Gasteiger charge is -2.12. The van der Waals surface area contributed by atoms with E-state index in [1.165, 1.54) is 0 Å². The zero-order valence-electron chi connectivity index (χ0n) is 8.87. The van der Waals surface area contributed by atoms with Gasteiger partial charge in [0.25, 0.3) is 0 Å². The Morgan fingerprint density at radius 2 is 2.27 bits per heavy atom. The zero-order valence-corrected chi connectivity index (χ0v) is 10.4. The minimum atomic E-state index is -0.457. The van der Waals surface area contributed by atoms with Gasteiger partial charge in [-0.2, -0.15) is 11.8 Å². The Bertz CT molecular complexity index is 317. The van der Waals surface area contributed by atoms with Crippen LogP contribution in [0.5, 0.6) is 5.75 Å². The van der Waals surface area contributed by atoms with Crippen molar-refractivity contribution in [3.63, 3.8) is 0 Å². The summed E-state index contributed by atoms with van der Waals surface area (Å²) in [6, 6.07) is 5.35. The summed E-state index contributed by atoms with van der Waals surface area (Å²) in [5.74, 6) is 2.30. The minimum Gasteiger partial charge on any atom is -0.495 e. The summed E-state index contributed by atoms with van der Waals surface area (Å²) in [4.78, 5) is 0. The molecule has 0 bridgehead atoms. The van der Waals surface area contributed by atoms with E-state index in [2.05, 4.69) is 6.92 Å². The third-order valence-electron chi connectivity index (χ3n) is 2.04. The maximum atomic E-state index is 9.84. The van der Waals surface area contributed by atoms with Crippen LogP contribution in [-0.2, 0) is 0 Å². The molecule has 0 heterocycles. The maximum Gasteiger partial charge on any atom is 0.137 e. The van der Waals surface area contributed by atoms with Gasteiger partial charge in [0, 0.05) is 5.75 Å². The van der Waals surface area contributed by atoms with Gasteiger partial charge in [0.05, 0.1) is 18.2 Å². The third-order valence-corrected chi connectivity index (χ3v) is 3.31. The standard InChI is InChI=1S/C11H15ClO2S/c1-3-15-7-10(13)8-4-5-9(12)11(6-8)14-2/h4-6,10,13H,3,7H2,1-2H3. The summed E-state index contributed by atoms with van der Waals surface area (Å²) in [5.41, 5.74) is 0.845. The van der Waals surface area contributed by atoms with E-state index in [4.69, 9.17) is 16.3 Å². The molecular formula is C11H15ClO2S. The van der Waals surface area contributed by atoms with E-state index in [1.807, 2.05) is 6.07 Å². The molecule has 1 aromatic carbocycles. The molecule has 1 atom stereocenters. The minimum absolute atomic E-state index is 0.457. The Morgan fingerprint density at radius 3 is 2.87 bits per heavy atom. The second kappa shape index (κ2) is 6.26. The van der Waals surface area contributed by atoms with Crippen LogP contribution >= 0.6 is 23.4 Å². The number of methoxy groups -OCH3 is 1. The van der Waals surface area contributed by atoms with Gasteiger partial charge in [-0.15, -0.1) is 0 Å². The van der Waals surface area contributed by atoms with Crippen molar-refractivity contribution in [3.05, 3.63) is 28.8 Å². The van der Waals surface area contributed by atoms with Gasteiger partial charge in [-0.1, -0.05) is 24.6 Å². The summed E-state index contributed by atoms with van der Waals surface area (Å²) in [6.07, 6.45) is -0.457.